The van der Waals surface area contributed by atoms with Gasteiger partial charge in [0.05, 0.1) is 6.04 Å². The summed E-state index contributed by atoms with van der Waals surface area (Å²) < 4.78 is 0. The number of carbonyl (C=O) groups is 2. The minimum absolute atomic E-state index is 0.0470. The maximum absolute atomic E-state index is 12.8. The first-order valence-corrected chi connectivity index (χ1v) is 10.6. The van der Waals surface area contributed by atoms with Gasteiger partial charge in [-0.25, -0.2) is 4.79 Å². The zero-order valence-electron chi connectivity index (χ0n) is 15.9. The predicted molar refractivity (Wildman–Crippen MR) is 107 cm³/mol. The normalized spacial score (nSPS) is 16.1. The van der Waals surface area contributed by atoms with E-state index in [9.17, 15) is 9.59 Å². The van der Waals surface area contributed by atoms with E-state index in [0.29, 0.717) is 12.3 Å². The Morgan fingerprint density at radius 2 is 1.92 bits per heavy atom. The third-order valence-corrected chi connectivity index (χ3v) is 5.83. The summed E-state index contributed by atoms with van der Waals surface area (Å²) in [6.07, 6.45) is 11.1. The van der Waals surface area contributed by atoms with E-state index in [1.54, 1.807) is 19.3 Å². The van der Waals surface area contributed by atoms with E-state index in [0.717, 1.165) is 24.4 Å². The average molecular weight is 378 g/mol. The van der Waals surface area contributed by atoms with Gasteiger partial charge in [0.1, 0.15) is 0 Å². The Morgan fingerprint density at radius 1 is 1.23 bits per heavy atom. The number of carbonyl (C=O) groups excluding carboxylic acids is 2. The van der Waals surface area contributed by atoms with E-state index in [1.165, 1.54) is 43.9 Å². The maximum atomic E-state index is 12.8. The Hall–Kier alpha value is -1.56. The molecule has 1 aliphatic rings. The quantitative estimate of drug-likeness (QED) is 0.729. The summed E-state index contributed by atoms with van der Waals surface area (Å²) in [6.45, 7) is 4.92. The van der Waals surface area contributed by atoms with Crippen LogP contribution >= 0.6 is 11.8 Å². The molecule has 1 atom stereocenters. The van der Waals surface area contributed by atoms with Crippen molar-refractivity contribution >= 4 is 22.9 Å². The molecular formula is C20H31N3O2S. The van der Waals surface area contributed by atoms with Gasteiger partial charge in [-0.2, -0.15) is 0 Å². The fraction of sp³-hybridized carbons (Fsp3) is 0.650. The van der Waals surface area contributed by atoms with Gasteiger partial charge >= 0.3 is 6.03 Å². The lowest BCUT2D eigenvalue weighted by atomic mass is 9.87. The fourth-order valence-corrected chi connectivity index (χ4v) is 4.04. The van der Waals surface area contributed by atoms with Gasteiger partial charge in [0.15, 0.2) is 5.12 Å². The van der Waals surface area contributed by atoms with Crippen molar-refractivity contribution in [1.29, 1.82) is 0 Å². The van der Waals surface area contributed by atoms with Crippen molar-refractivity contribution in [3.05, 3.63) is 30.1 Å². The molecule has 0 aliphatic heterocycles. The van der Waals surface area contributed by atoms with Crippen LogP contribution in [-0.2, 0) is 4.79 Å². The van der Waals surface area contributed by atoms with Gasteiger partial charge in [-0.15, -0.1) is 0 Å². The van der Waals surface area contributed by atoms with E-state index in [-0.39, 0.29) is 17.2 Å². The first-order valence-electron chi connectivity index (χ1n) is 9.65. The van der Waals surface area contributed by atoms with E-state index in [4.69, 9.17) is 0 Å². The van der Waals surface area contributed by atoms with Crippen LogP contribution < -0.4 is 5.32 Å². The summed E-state index contributed by atoms with van der Waals surface area (Å²) in [4.78, 5) is 29.9. The highest BCUT2D eigenvalue weighted by molar-refractivity contribution is 8.13. The summed E-state index contributed by atoms with van der Waals surface area (Å²) in [6, 6.07) is 3.73. The fourth-order valence-electron chi connectivity index (χ4n) is 3.44. The highest BCUT2D eigenvalue weighted by Gasteiger charge is 2.20. The summed E-state index contributed by atoms with van der Waals surface area (Å²) in [7, 11) is 0. The van der Waals surface area contributed by atoms with Gasteiger partial charge in [-0.1, -0.05) is 43.9 Å². The standard InChI is InChI=1S/C20H31N3O2S/c1-16(19-8-11-21-12-9-19)22-20(25)23(14-15-26-17(2)24)13-10-18-6-4-3-5-7-18/h8-9,11-12,16,18H,3-7,10,13-15H2,1-2H3,(H,22,25). The molecule has 0 spiro atoms. The van der Waals surface area contributed by atoms with E-state index in [2.05, 4.69) is 10.3 Å². The molecule has 1 unspecified atom stereocenters. The smallest absolute Gasteiger partial charge is 0.317 e. The molecule has 26 heavy (non-hydrogen) atoms. The number of urea groups is 1. The second-order valence-electron chi connectivity index (χ2n) is 7.07. The number of rotatable bonds is 8. The van der Waals surface area contributed by atoms with Crippen LogP contribution in [0.5, 0.6) is 0 Å². The number of nitrogens with one attached hydrogen (secondary N) is 1. The van der Waals surface area contributed by atoms with Crippen LogP contribution in [0.3, 0.4) is 0 Å². The van der Waals surface area contributed by atoms with Crippen molar-refractivity contribution in [2.75, 3.05) is 18.8 Å². The van der Waals surface area contributed by atoms with Crippen molar-refractivity contribution in [2.45, 2.75) is 58.4 Å². The largest absolute Gasteiger partial charge is 0.331 e. The van der Waals surface area contributed by atoms with Crippen molar-refractivity contribution in [1.82, 2.24) is 15.2 Å². The minimum Gasteiger partial charge on any atom is -0.331 e. The SMILES string of the molecule is CC(=O)SCCN(CCC1CCCCC1)C(=O)NC(C)c1ccncc1. The van der Waals surface area contributed by atoms with Crippen molar-refractivity contribution in [3.8, 4) is 0 Å². The Kier molecular flexibility index (Phi) is 8.95. The van der Waals surface area contributed by atoms with Gasteiger partial charge in [0.25, 0.3) is 0 Å². The summed E-state index contributed by atoms with van der Waals surface area (Å²) in [5.41, 5.74) is 1.04. The molecule has 6 heteroatoms. The molecule has 0 bridgehead atoms. The molecule has 0 aromatic carbocycles. The van der Waals surface area contributed by atoms with Crippen LogP contribution in [0.1, 0.15) is 64.0 Å². The summed E-state index contributed by atoms with van der Waals surface area (Å²) in [5.74, 6) is 1.38. The second kappa shape index (κ2) is 11.2. The Labute approximate surface area is 161 Å². The Bertz CT molecular complexity index is 561. The summed E-state index contributed by atoms with van der Waals surface area (Å²) >= 11 is 1.28. The van der Waals surface area contributed by atoms with Gasteiger partial charge in [0, 0.05) is 38.2 Å². The molecule has 1 heterocycles. The van der Waals surface area contributed by atoms with Gasteiger partial charge in [0.2, 0.25) is 0 Å². The number of pyridine rings is 1. The molecule has 0 radical (unpaired) electrons. The molecule has 1 fully saturated rings. The van der Waals surface area contributed by atoms with Crippen LogP contribution in [0.4, 0.5) is 4.79 Å². The molecule has 144 valence electrons. The lowest BCUT2D eigenvalue weighted by molar-refractivity contribution is -0.109. The topological polar surface area (TPSA) is 62.3 Å². The number of hydrogen-bond donors (Lipinski definition) is 1. The molecule has 0 saturated heterocycles. The van der Waals surface area contributed by atoms with E-state index in [1.807, 2.05) is 24.0 Å². The number of hydrogen-bond acceptors (Lipinski definition) is 4. The van der Waals surface area contributed by atoms with E-state index >= 15 is 0 Å². The third-order valence-electron chi connectivity index (χ3n) is 5.03. The molecular weight excluding hydrogens is 346 g/mol. The molecule has 1 aromatic rings. The molecule has 1 saturated carbocycles. The molecule has 2 rings (SSSR count). The Morgan fingerprint density at radius 3 is 2.58 bits per heavy atom. The molecule has 1 aromatic heterocycles. The maximum Gasteiger partial charge on any atom is 0.317 e. The van der Waals surface area contributed by atoms with Crippen molar-refractivity contribution in [2.24, 2.45) is 5.92 Å². The van der Waals surface area contributed by atoms with Gasteiger partial charge in [-0.3, -0.25) is 9.78 Å². The zero-order valence-corrected chi connectivity index (χ0v) is 16.8. The highest BCUT2D eigenvalue weighted by atomic mass is 32.2. The lowest BCUT2D eigenvalue weighted by Gasteiger charge is -2.28. The second-order valence-corrected chi connectivity index (χ2v) is 8.34. The first-order chi connectivity index (χ1) is 12.6. The van der Waals surface area contributed by atoms with Crippen LogP contribution in [0, 0.1) is 5.92 Å². The van der Waals surface area contributed by atoms with E-state index < -0.39 is 0 Å². The van der Waals surface area contributed by atoms with Crippen LogP contribution in [0.15, 0.2) is 24.5 Å². The average Bonchev–Trinajstić information content (AvgIpc) is 2.65. The third kappa shape index (κ3) is 7.36. The predicted octanol–water partition coefficient (Wildman–Crippen LogP) is 4.40. The zero-order chi connectivity index (χ0) is 18.8. The molecule has 5 nitrogen and oxygen atoms in total. The Balaban J connectivity index is 1.89. The van der Waals surface area contributed by atoms with Crippen LogP contribution in [-0.4, -0.2) is 39.9 Å². The molecule has 1 aliphatic carbocycles. The number of amides is 2. The number of nitrogens with zero attached hydrogens (tertiary/aromatic N) is 2. The van der Waals surface area contributed by atoms with Crippen LogP contribution in [0.25, 0.3) is 0 Å². The van der Waals surface area contributed by atoms with Crippen LogP contribution in [0.2, 0.25) is 0 Å². The number of thioether (sulfide) groups is 1. The minimum atomic E-state index is -0.0665. The number of aromatic nitrogens is 1. The molecule has 1 N–H and O–H groups in total. The molecule has 2 amide bonds. The van der Waals surface area contributed by atoms with Crippen molar-refractivity contribution in [3.63, 3.8) is 0 Å². The first kappa shape index (κ1) is 20.7. The summed E-state index contributed by atoms with van der Waals surface area (Å²) in [5, 5.41) is 3.19. The highest BCUT2D eigenvalue weighted by Crippen LogP contribution is 2.26. The van der Waals surface area contributed by atoms with Crippen molar-refractivity contribution < 1.29 is 9.59 Å². The van der Waals surface area contributed by atoms with Gasteiger partial charge < -0.3 is 10.2 Å². The van der Waals surface area contributed by atoms with Gasteiger partial charge in [-0.05, 0) is 37.0 Å². The lowest BCUT2D eigenvalue weighted by Crippen LogP contribution is -2.43. The monoisotopic (exact) mass is 377 g/mol.